The zero-order valence-electron chi connectivity index (χ0n) is 16.6. The number of hydrogen-bond acceptors (Lipinski definition) is 7. The van der Waals surface area contributed by atoms with Gasteiger partial charge in [-0.05, 0) is 50.7 Å². The second kappa shape index (κ2) is 11.7. The molecule has 0 aromatic carbocycles. The van der Waals surface area contributed by atoms with Crippen LogP contribution in [-0.4, -0.2) is 88.7 Å². The third kappa shape index (κ3) is 6.51. The van der Waals surface area contributed by atoms with Crippen molar-refractivity contribution in [2.75, 3.05) is 30.9 Å². The van der Waals surface area contributed by atoms with E-state index in [-0.39, 0.29) is 24.1 Å². The summed E-state index contributed by atoms with van der Waals surface area (Å²) < 4.78 is 0. The molecule has 11 heteroatoms. The number of nitrogens with one attached hydrogen (secondary N) is 3. The molecule has 2 aliphatic rings. The Bertz CT molecular complexity index is 615. The lowest BCUT2D eigenvalue weighted by molar-refractivity contribution is -0.143. The highest BCUT2D eigenvalue weighted by Crippen LogP contribution is 2.21. The van der Waals surface area contributed by atoms with Crippen molar-refractivity contribution in [1.82, 2.24) is 20.9 Å². The van der Waals surface area contributed by atoms with Crippen LogP contribution in [0.4, 0.5) is 0 Å². The second-order valence-electron chi connectivity index (χ2n) is 7.26. The van der Waals surface area contributed by atoms with Crippen molar-refractivity contribution < 1.29 is 24.3 Å². The topological polar surface area (TPSA) is 128 Å². The molecule has 2 fully saturated rings. The first kappa shape index (κ1) is 23.8. The van der Waals surface area contributed by atoms with Gasteiger partial charge in [0.15, 0.2) is 0 Å². The van der Waals surface area contributed by atoms with E-state index in [1.165, 1.54) is 11.8 Å². The number of rotatable bonds is 10. The number of amides is 3. The summed E-state index contributed by atoms with van der Waals surface area (Å²) >= 11 is 5.62. The molecule has 3 amide bonds. The fraction of sp³-hybridized carbons (Fsp3) is 0.778. The first-order chi connectivity index (χ1) is 13.9. The average Bonchev–Trinajstić information content (AvgIpc) is 3.40. The smallest absolute Gasteiger partial charge is 0.326 e. The number of carbonyl (C=O) groups excluding carboxylic acids is 3. The molecule has 29 heavy (non-hydrogen) atoms. The van der Waals surface area contributed by atoms with Gasteiger partial charge >= 0.3 is 5.97 Å². The third-order valence-electron chi connectivity index (χ3n) is 5.24. The van der Waals surface area contributed by atoms with Gasteiger partial charge in [-0.1, -0.05) is 0 Å². The van der Waals surface area contributed by atoms with E-state index in [1.54, 1.807) is 4.90 Å². The number of carbonyl (C=O) groups is 4. The second-order valence-corrected chi connectivity index (χ2v) is 8.61. The largest absolute Gasteiger partial charge is 0.480 e. The average molecular weight is 447 g/mol. The van der Waals surface area contributed by atoms with Gasteiger partial charge in [0, 0.05) is 12.3 Å². The minimum atomic E-state index is -1.12. The number of carboxylic acid groups (broad SMARTS) is 1. The van der Waals surface area contributed by atoms with E-state index < -0.39 is 35.9 Å². The first-order valence-corrected chi connectivity index (χ1v) is 11.9. The van der Waals surface area contributed by atoms with Gasteiger partial charge in [0.2, 0.25) is 17.7 Å². The van der Waals surface area contributed by atoms with Crippen molar-refractivity contribution in [3.8, 4) is 0 Å². The Balaban J connectivity index is 1.95. The number of thioether (sulfide) groups is 1. The predicted octanol–water partition coefficient (Wildman–Crippen LogP) is -0.533. The highest BCUT2D eigenvalue weighted by atomic mass is 32.2. The molecule has 0 aliphatic carbocycles. The minimum Gasteiger partial charge on any atom is -0.480 e. The van der Waals surface area contributed by atoms with E-state index in [0.717, 1.165) is 25.8 Å². The Morgan fingerprint density at radius 2 is 1.97 bits per heavy atom. The van der Waals surface area contributed by atoms with Crippen LogP contribution in [0.1, 0.15) is 32.1 Å². The maximum atomic E-state index is 12.8. The lowest BCUT2D eigenvalue weighted by Gasteiger charge is -2.28. The van der Waals surface area contributed by atoms with E-state index in [1.807, 2.05) is 6.26 Å². The summed E-state index contributed by atoms with van der Waals surface area (Å²) in [5.74, 6) is -1.57. The Kier molecular flexibility index (Phi) is 9.57. The molecule has 9 nitrogen and oxygen atoms in total. The molecule has 4 atom stereocenters. The lowest BCUT2D eigenvalue weighted by Crippen LogP contribution is -2.57. The summed E-state index contributed by atoms with van der Waals surface area (Å²) in [6, 6.07) is -2.86. The SMILES string of the molecule is CSCCC(NC(=O)C(CS)NC(=O)C1CCCN1C(=O)C1CCCN1)C(=O)O. The summed E-state index contributed by atoms with van der Waals surface area (Å²) in [6.45, 7) is 1.31. The van der Waals surface area contributed by atoms with Crippen LogP contribution in [0.15, 0.2) is 0 Å². The normalized spacial score (nSPS) is 23.4. The number of aliphatic carboxylic acids is 1. The summed E-state index contributed by atoms with van der Waals surface area (Å²) in [5, 5.41) is 17.5. The molecule has 2 aliphatic heterocycles. The van der Waals surface area contributed by atoms with Crippen LogP contribution in [0.5, 0.6) is 0 Å². The van der Waals surface area contributed by atoms with Crippen LogP contribution in [0.3, 0.4) is 0 Å². The number of thiol groups is 1. The minimum absolute atomic E-state index is 0.0251. The van der Waals surface area contributed by atoms with Crippen LogP contribution in [0.25, 0.3) is 0 Å². The van der Waals surface area contributed by atoms with E-state index in [9.17, 15) is 24.3 Å². The predicted molar refractivity (Wildman–Crippen MR) is 114 cm³/mol. The van der Waals surface area contributed by atoms with Gasteiger partial charge < -0.3 is 26.0 Å². The summed E-state index contributed by atoms with van der Waals surface area (Å²) in [5.41, 5.74) is 0. The molecule has 0 saturated carbocycles. The molecular formula is C18H30N4O5S2. The van der Waals surface area contributed by atoms with Crippen LogP contribution in [0.2, 0.25) is 0 Å². The molecule has 0 bridgehead atoms. The fourth-order valence-electron chi connectivity index (χ4n) is 3.63. The maximum absolute atomic E-state index is 12.8. The lowest BCUT2D eigenvalue weighted by atomic mass is 10.1. The maximum Gasteiger partial charge on any atom is 0.326 e. The molecule has 2 heterocycles. The molecule has 0 aromatic rings. The zero-order valence-corrected chi connectivity index (χ0v) is 18.3. The van der Waals surface area contributed by atoms with Crippen LogP contribution in [0, 0.1) is 0 Å². The van der Waals surface area contributed by atoms with Crippen molar-refractivity contribution >= 4 is 48.1 Å². The van der Waals surface area contributed by atoms with Gasteiger partial charge in [0.05, 0.1) is 6.04 Å². The van der Waals surface area contributed by atoms with Gasteiger partial charge in [-0.25, -0.2) is 4.79 Å². The van der Waals surface area contributed by atoms with Gasteiger partial charge in [-0.15, -0.1) is 0 Å². The summed E-state index contributed by atoms with van der Waals surface area (Å²) in [4.78, 5) is 50.9. The molecule has 2 saturated heterocycles. The molecule has 2 rings (SSSR count). The monoisotopic (exact) mass is 446 g/mol. The van der Waals surface area contributed by atoms with E-state index in [2.05, 4.69) is 28.6 Å². The third-order valence-corrected chi connectivity index (χ3v) is 6.25. The Morgan fingerprint density at radius 1 is 1.21 bits per heavy atom. The summed E-state index contributed by atoms with van der Waals surface area (Å²) in [7, 11) is 0. The number of carboxylic acids is 1. The van der Waals surface area contributed by atoms with Gasteiger partial charge in [0.1, 0.15) is 18.1 Å². The van der Waals surface area contributed by atoms with Gasteiger partial charge in [0.25, 0.3) is 0 Å². The molecule has 0 radical (unpaired) electrons. The Labute approximate surface area is 180 Å². The summed E-state index contributed by atoms with van der Waals surface area (Å²) in [6.07, 6.45) is 5.10. The Hall–Kier alpha value is -1.46. The van der Waals surface area contributed by atoms with Crippen LogP contribution >= 0.6 is 24.4 Å². The van der Waals surface area contributed by atoms with E-state index in [4.69, 9.17) is 0 Å². The zero-order chi connectivity index (χ0) is 21.4. The molecule has 0 spiro atoms. The number of nitrogens with zero attached hydrogens (tertiary/aromatic N) is 1. The van der Waals surface area contributed by atoms with Crippen molar-refractivity contribution in [2.24, 2.45) is 0 Å². The molecule has 164 valence electrons. The highest BCUT2D eigenvalue weighted by molar-refractivity contribution is 7.98. The fourth-order valence-corrected chi connectivity index (χ4v) is 4.35. The highest BCUT2D eigenvalue weighted by Gasteiger charge is 2.39. The number of likely N-dealkylation sites (tertiary alicyclic amines) is 1. The van der Waals surface area contributed by atoms with Gasteiger partial charge in [-0.2, -0.15) is 24.4 Å². The number of hydrogen-bond donors (Lipinski definition) is 5. The van der Waals surface area contributed by atoms with Crippen LogP contribution in [-0.2, 0) is 19.2 Å². The van der Waals surface area contributed by atoms with E-state index in [0.29, 0.717) is 18.7 Å². The van der Waals surface area contributed by atoms with Crippen molar-refractivity contribution in [3.05, 3.63) is 0 Å². The van der Waals surface area contributed by atoms with Crippen molar-refractivity contribution in [3.63, 3.8) is 0 Å². The quantitative estimate of drug-likeness (QED) is 0.285. The van der Waals surface area contributed by atoms with Crippen molar-refractivity contribution in [2.45, 2.75) is 56.3 Å². The van der Waals surface area contributed by atoms with Gasteiger partial charge in [-0.3, -0.25) is 14.4 Å². The molecule has 0 aromatic heterocycles. The molecule has 4 N–H and O–H groups in total. The van der Waals surface area contributed by atoms with Crippen molar-refractivity contribution in [1.29, 1.82) is 0 Å². The molecular weight excluding hydrogens is 416 g/mol. The first-order valence-electron chi connectivity index (χ1n) is 9.86. The Morgan fingerprint density at radius 3 is 2.55 bits per heavy atom. The standard InChI is InChI=1S/C18H30N4O5S2/c1-29-9-6-12(18(26)27)20-15(23)13(10-28)21-16(24)14-5-3-8-22(14)17(25)11-4-2-7-19-11/h11-14,19,28H,2-10H2,1H3,(H,20,23)(H,21,24)(H,26,27). The molecule has 4 unspecified atom stereocenters. The van der Waals surface area contributed by atoms with Crippen LogP contribution < -0.4 is 16.0 Å². The van der Waals surface area contributed by atoms with E-state index >= 15 is 0 Å².